The fourth-order valence-corrected chi connectivity index (χ4v) is 1.61. The van der Waals surface area contributed by atoms with Gasteiger partial charge in [-0.3, -0.25) is 9.78 Å². The summed E-state index contributed by atoms with van der Waals surface area (Å²) in [6, 6.07) is 3.44. The summed E-state index contributed by atoms with van der Waals surface area (Å²) in [4.78, 5) is 22.9. The highest BCUT2D eigenvalue weighted by Gasteiger charge is 2.08. The summed E-state index contributed by atoms with van der Waals surface area (Å²) in [5.41, 5.74) is 2.59. The van der Waals surface area contributed by atoms with Crippen molar-refractivity contribution >= 4 is 0 Å². The number of aromatic nitrogens is 3. The Kier molecular flexibility index (Phi) is 3.04. The van der Waals surface area contributed by atoms with Crippen LogP contribution in [0.4, 0.5) is 0 Å². The first kappa shape index (κ1) is 11.5. The van der Waals surface area contributed by atoms with Crippen LogP contribution in [-0.2, 0) is 0 Å². The third kappa shape index (κ3) is 2.41. The predicted octanol–water partition coefficient (Wildman–Crippen LogP) is 2.26. The molecule has 17 heavy (non-hydrogen) atoms. The standard InChI is InChI=1S/C13H15N3O/c1-8(2)11-6-12(17)16-13(15-11)10-7-14-5-4-9(10)3/h4-8H,1-3H3,(H,15,16,17). The van der Waals surface area contributed by atoms with E-state index in [1.54, 1.807) is 18.5 Å². The number of hydrogen-bond donors (Lipinski definition) is 1. The molecule has 2 aromatic rings. The number of nitrogens with zero attached hydrogens (tertiary/aromatic N) is 2. The molecule has 0 aliphatic heterocycles. The summed E-state index contributed by atoms with van der Waals surface area (Å²) in [5, 5.41) is 0. The van der Waals surface area contributed by atoms with Crippen molar-refractivity contribution in [3.8, 4) is 11.4 Å². The Morgan fingerprint density at radius 2 is 2.12 bits per heavy atom. The lowest BCUT2D eigenvalue weighted by Gasteiger charge is -2.08. The monoisotopic (exact) mass is 229 g/mol. The second-order valence-corrected chi connectivity index (χ2v) is 4.36. The lowest BCUT2D eigenvalue weighted by atomic mass is 10.1. The Balaban J connectivity index is 2.60. The van der Waals surface area contributed by atoms with Gasteiger partial charge >= 0.3 is 0 Å². The number of H-pyrrole nitrogens is 1. The average molecular weight is 229 g/mol. The third-order valence-electron chi connectivity index (χ3n) is 2.65. The molecular formula is C13H15N3O. The van der Waals surface area contributed by atoms with Crippen LogP contribution in [0.1, 0.15) is 31.0 Å². The highest BCUT2D eigenvalue weighted by molar-refractivity contribution is 5.58. The highest BCUT2D eigenvalue weighted by atomic mass is 16.1. The number of hydrogen-bond acceptors (Lipinski definition) is 3. The van der Waals surface area contributed by atoms with Crippen molar-refractivity contribution in [1.29, 1.82) is 0 Å². The lowest BCUT2D eigenvalue weighted by molar-refractivity contribution is 0.811. The first-order valence-electron chi connectivity index (χ1n) is 5.60. The maximum Gasteiger partial charge on any atom is 0.251 e. The maximum atomic E-state index is 11.6. The summed E-state index contributed by atoms with van der Waals surface area (Å²) < 4.78 is 0. The SMILES string of the molecule is Cc1ccncc1-c1nc(C(C)C)cc(=O)[nH]1. The summed E-state index contributed by atoms with van der Waals surface area (Å²) in [6.45, 7) is 6.00. The van der Waals surface area contributed by atoms with Gasteiger partial charge in [-0.1, -0.05) is 13.8 Å². The highest BCUT2D eigenvalue weighted by Crippen LogP contribution is 2.18. The van der Waals surface area contributed by atoms with E-state index in [1.165, 1.54) is 0 Å². The van der Waals surface area contributed by atoms with Gasteiger partial charge in [-0.05, 0) is 24.5 Å². The molecule has 0 aliphatic carbocycles. The number of pyridine rings is 1. The molecule has 88 valence electrons. The third-order valence-corrected chi connectivity index (χ3v) is 2.65. The van der Waals surface area contributed by atoms with Crippen LogP contribution >= 0.6 is 0 Å². The number of rotatable bonds is 2. The normalized spacial score (nSPS) is 10.8. The van der Waals surface area contributed by atoms with Crippen molar-refractivity contribution < 1.29 is 0 Å². The Labute approximate surface area is 99.8 Å². The molecule has 2 aromatic heterocycles. The van der Waals surface area contributed by atoms with Crippen LogP contribution in [0.15, 0.2) is 29.3 Å². The first-order valence-corrected chi connectivity index (χ1v) is 5.60. The molecule has 2 rings (SSSR count). The van der Waals surface area contributed by atoms with E-state index in [1.807, 2.05) is 26.8 Å². The van der Waals surface area contributed by atoms with Gasteiger partial charge in [-0.2, -0.15) is 0 Å². The van der Waals surface area contributed by atoms with E-state index in [4.69, 9.17) is 0 Å². The molecular weight excluding hydrogens is 214 g/mol. The first-order chi connectivity index (χ1) is 8.08. The molecule has 0 atom stereocenters. The minimum Gasteiger partial charge on any atom is -0.306 e. The van der Waals surface area contributed by atoms with E-state index in [0.717, 1.165) is 16.8 Å². The van der Waals surface area contributed by atoms with E-state index in [2.05, 4.69) is 15.0 Å². The Morgan fingerprint density at radius 3 is 2.76 bits per heavy atom. The molecule has 0 saturated carbocycles. The molecule has 0 spiro atoms. The van der Waals surface area contributed by atoms with Crippen LogP contribution in [0.5, 0.6) is 0 Å². The van der Waals surface area contributed by atoms with Crippen molar-refractivity contribution in [3.63, 3.8) is 0 Å². The van der Waals surface area contributed by atoms with Gasteiger partial charge in [0.2, 0.25) is 0 Å². The van der Waals surface area contributed by atoms with Crippen LogP contribution in [0, 0.1) is 6.92 Å². The van der Waals surface area contributed by atoms with Gasteiger partial charge in [0, 0.05) is 24.0 Å². The van der Waals surface area contributed by atoms with Gasteiger partial charge in [-0.25, -0.2) is 4.98 Å². The Hall–Kier alpha value is -1.97. The predicted molar refractivity (Wildman–Crippen MR) is 66.9 cm³/mol. The number of aryl methyl sites for hydroxylation is 1. The Bertz CT molecular complexity index is 587. The molecule has 4 nitrogen and oxygen atoms in total. The van der Waals surface area contributed by atoms with E-state index in [0.29, 0.717) is 5.82 Å². The van der Waals surface area contributed by atoms with Crippen molar-refractivity contribution in [2.45, 2.75) is 26.7 Å². The Morgan fingerprint density at radius 1 is 1.35 bits per heavy atom. The zero-order valence-electron chi connectivity index (χ0n) is 10.2. The zero-order valence-corrected chi connectivity index (χ0v) is 10.2. The van der Waals surface area contributed by atoms with E-state index < -0.39 is 0 Å². The second kappa shape index (κ2) is 4.49. The van der Waals surface area contributed by atoms with Gasteiger partial charge < -0.3 is 4.98 Å². The quantitative estimate of drug-likeness (QED) is 0.859. The number of nitrogens with one attached hydrogen (secondary N) is 1. The van der Waals surface area contributed by atoms with Crippen LogP contribution in [0.2, 0.25) is 0 Å². The van der Waals surface area contributed by atoms with Crippen LogP contribution in [0.3, 0.4) is 0 Å². The summed E-state index contributed by atoms with van der Waals surface area (Å²) in [5.74, 6) is 0.819. The van der Waals surface area contributed by atoms with Crippen LogP contribution < -0.4 is 5.56 Å². The van der Waals surface area contributed by atoms with Crippen molar-refractivity contribution in [2.24, 2.45) is 0 Å². The van der Waals surface area contributed by atoms with Gasteiger partial charge in [0.05, 0.1) is 5.69 Å². The van der Waals surface area contributed by atoms with Crippen molar-refractivity contribution in [2.75, 3.05) is 0 Å². The van der Waals surface area contributed by atoms with Crippen molar-refractivity contribution in [1.82, 2.24) is 15.0 Å². The maximum absolute atomic E-state index is 11.6. The summed E-state index contributed by atoms with van der Waals surface area (Å²) >= 11 is 0. The van der Waals surface area contributed by atoms with Gasteiger partial charge in [0.15, 0.2) is 0 Å². The molecule has 1 N–H and O–H groups in total. The molecule has 0 bridgehead atoms. The average Bonchev–Trinajstić information content (AvgIpc) is 2.28. The molecule has 2 heterocycles. The topological polar surface area (TPSA) is 58.6 Å². The minimum atomic E-state index is -0.123. The molecule has 0 radical (unpaired) electrons. The smallest absolute Gasteiger partial charge is 0.251 e. The molecule has 4 heteroatoms. The second-order valence-electron chi connectivity index (χ2n) is 4.36. The van der Waals surface area contributed by atoms with E-state index in [9.17, 15) is 4.79 Å². The summed E-state index contributed by atoms with van der Waals surface area (Å²) in [7, 11) is 0. The molecule has 0 unspecified atom stereocenters. The van der Waals surface area contributed by atoms with Gasteiger partial charge in [0.25, 0.3) is 5.56 Å². The minimum absolute atomic E-state index is 0.123. The van der Waals surface area contributed by atoms with Crippen molar-refractivity contribution in [3.05, 3.63) is 46.1 Å². The van der Waals surface area contributed by atoms with Gasteiger partial charge in [0.1, 0.15) is 5.82 Å². The molecule has 0 fully saturated rings. The molecule has 0 saturated heterocycles. The molecule has 0 aliphatic rings. The fraction of sp³-hybridized carbons (Fsp3) is 0.308. The largest absolute Gasteiger partial charge is 0.306 e. The van der Waals surface area contributed by atoms with Crippen LogP contribution in [-0.4, -0.2) is 15.0 Å². The zero-order chi connectivity index (χ0) is 12.4. The molecule has 0 aromatic carbocycles. The van der Waals surface area contributed by atoms with E-state index >= 15 is 0 Å². The lowest BCUT2D eigenvalue weighted by Crippen LogP contribution is -2.11. The van der Waals surface area contributed by atoms with Crippen LogP contribution in [0.25, 0.3) is 11.4 Å². The summed E-state index contributed by atoms with van der Waals surface area (Å²) in [6.07, 6.45) is 3.45. The van der Waals surface area contributed by atoms with E-state index in [-0.39, 0.29) is 11.5 Å². The number of aromatic amines is 1. The molecule has 0 amide bonds. The van der Waals surface area contributed by atoms with Gasteiger partial charge in [-0.15, -0.1) is 0 Å². The fourth-order valence-electron chi connectivity index (χ4n) is 1.61.